The first-order valence-corrected chi connectivity index (χ1v) is 9.54. The first-order chi connectivity index (χ1) is 14.4. The molecule has 1 atom stereocenters. The van der Waals surface area contributed by atoms with E-state index in [1.807, 2.05) is 0 Å². The number of rotatable bonds is 7. The van der Waals surface area contributed by atoms with Gasteiger partial charge in [0.15, 0.2) is 11.5 Å². The third kappa shape index (κ3) is 4.19. The van der Waals surface area contributed by atoms with Gasteiger partial charge in [-0.05, 0) is 18.1 Å². The molecule has 0 bridgehead atoms. The molecule has 1 fully saturated rings. The maximum atomic E-state index is 12.5. The molecule has 12 heteroatoms. The summed E-state index contributed by atoms with van der Waals surface area (Å²) in [4.78, 5) is 35.8. The largest absolute Gasteiger partial charge is 0.535 e. The lowest BCUT2D eigenvalue weighted by atomic mass is 9.64. The predicted octanol–water partition coefficient (Wildman–Crippen LogP) is -0.877. The van der Waals surface area contributed by atoms with Crippen LogP contribution in [0.1, 0.15) is 32.8 Å². The van der Waals surface area contributed by atoms with Gasteiger partial charge in [0.25, 0.3) is 5.91 Å². The van der Waals surface area contributed by atoms with Crippen LogP contribution in [0.2, 0.25) is 5.82 Å². The summed E-state index contributed by atoms with van der Waals surface area (Å²) in [7, 11) is -1.30. The Labute approximate surface area is 171 Å². The zero-order valence-electron chi connectivity index (χ0n) is 15.9. The van der Waals surface area contributed by atoms with E-state index in [9.17, 15) is 24.5 Å². The summed E-state index contributed by atoms with van der Waals surface area (Å²) >= 11 is 0. The number of nitrogens with zero attached hydrogens (tertiary/aromatic N) is 3. The average molecular weight is 413 g/mol. The Bertz CT molecular complexity index is 991. The number of aromatic nitrogens is 3. The minimum absolute atomic E-state index is 0.00698. The second-order valence-corrected chi connectivity index (χ2v) is 7.44. The van der Waals surface area contributed by atoms with E-state index in [0.717, 1.165) is 0 Å². The fraction of sp³-hybridized carbons (Fsp3) is 0.389. The third-order valence-electron chi connectivity index (χ3n) is 5.17. The fourth-order valence-corrected chi connectivity index (χ4v) is 3.49. The summed E-state index contributed by atoms with van der Waals surface area (Å²) in [5, 5.41) is 33.0. The molecule has 0 aliphatic carbocycles. The van der Waals surface area contributed by atoms with Gasteiger partial charge in [0.05, 0.1) is 17.8 Å². The number of benzene rings is 1. The van der Waals surface area contributed by atoms with E-state index in [1.54, 1.807) is 12.1 Å². The monoisotopic (exact) mass is 413 g/mol. The van der Waals surface area contributed by atoms with Crippen LogP contribution >= 0.6 is 0 Å². The average Bonchev–Trinajstić information content (AvgIpc) is 3.13. The molecule has 1 aromatic carbocycles. The van der Waals surface area contributed by atoms with Gasteiger partial charge >= 0.3 is 13.1 Å². The smallest absolute Gasteiger partial charge is 0.526 e. The Morgan fingerprint density at radius 3 is 2.83 bits per heavy atom. The van der Waals surface area contributed by atoms with Gasteiger partial charge in [0.1, 0.15) is 12.3 Å². The van der Waals surface area contributed by atoms with E-state index >= 15 is 0 Å². The molecule has 1 amide bonds. The van der Waals surface area contributed by atoms with Crippen LogP contribution in [0.25, 0.3) is 0 Å². The van der Waals surface area contributed by atoms with Crippen molar-refractivity contribution < 1.29 is 29.2 Å². The van der Waals surface area contributed by atoms with Crippen molar-refractivity contribution in [2.24, 2.45) is 0 Å². The van der Waals surface area contributed by atoms with E-state index in [-0.39, 0.29) is 47.7 Å². The van der Waals surface area contributed by atoms with Gasteiger partial charge in [-0.3, -0.25) is 9.59 Å². The Hall–Kier alpha value is -3.25. The molecule has 1 aromatic heterocycles. The zero-order valence-corrected chi connectivity index (χ0v) is 15.9. The number of para-hydroxylation sites is 1. The number of hydrogen-bond donors (Lipinski definition) is 4. The third-order valence-corrected chi connectivity index (χ3v) is 5.17. The molecule has 11 nitrogen and oxygen atoms in total. The number of Topliss-reactive ketones (excluding diaryl/α,β-unsaturated/α-hetero) is 1. The van der Waals surface area contributed by atoms with Crippen LogP contribution in [0.15, 0.2) is 24.4 Å². The molecule has 2 aliphatic rings. The lowest BCUT2D eigenvalue weighted by Gasteiger charge is -2.28. The Morgan fingerprint density at radius 2 is 2.13 bits per heavy atom. The molecule has 4 rings (SSSR count). The number of nitrogens with one attached hydrogen (secondary N) is 2. The lowest BCUT2D eigenvalue weighted by molar-refractivity contribution is -0.120. The van der Waals surface area contributed by atoms with Crippen molar-refractivity contribution in [1.29, 1.82) is 0 Å². The molecule has 0 spiro atoms. The number of aromatic carboxylic acids is 1. The highest BCUT2D eigenvalue weighted by Crippen LogP contribution is 2.36. The molecular weight excluding hydrogens is 393 g/mol. The van der Waals surface area contributed by atoms with Crippen LogP contribution in [0.3, 0.4) is 0 Å². The van der Waals surface area contributed by atoms with E-state index in [0.29, 0.717) is 25.1 Å². The number of carbonyl (C=O) groups excluding carboxylic acids is 2. The molecule has 30 heavy (non-hydrogen) atoms. The van der Waals surface area contributed by atoms with Gasteiger partial charge in [-0.2, -0.15) is 0 Å². The van der Waals surface area contributed by atoms with E-state index in [1.165, 1.54) is 16.9 Å². The van der Waals surface area contributed by atoms with Crippen molar-refractivity contribution in [2.45, 2.75) is 31.2 Å². The van der Waals surface area contributed by atoms with Crippen molar-refractivity contribution >= 4 is 24.8 Å². The molecule has 2 aromatic rings. The van der Waals surface area contributed by atoms with Gasteiger partial charge in [0.2, 0.25) is 0 Å². The van der Waals surface area contributed by atoms with Crippen molar-refractivity contribution in [3.63, 3.8) is 0 Å². The van der Waals surface area contributed by atoms with Crippen LogP contribution in [-0.4, -0.2) is 69.0 Å². The number of amides is 1. The molecular formula is C18H20BN5O6. The van der Waals surface area contributed by atoms with Gasteiger partial charge < -0.3 is 25.4 Å². The molecule has 3 heterocycles. The van der Waals surface area contributed by atoms with Crippen LogP contribution in [0.5, 0.6) is 5.75 Å². The van der Waals surface area contributed by atoms with Crippen molar-refractivity contribution in [3.05, 3.63) is 41.2 Å². The number of carboxylic acids is 1. The maximum absolute atomic E-state index is 12.5. The van der Waals surface area contributed by atoms with Crippen LogP contribution in [0.4, 0.5) is 0 Å². The molecule has 2 aliphatic heterocycles. The van der Waals surface area contributed by atoms with Crippen LogP contribution in [0, 0.1) is 0 Å². The normalized spacial score (nSPS) is 18.2. The predicted molar refractivity (Wildman–Crippen MR) is 103 cm³/mol. The number of fused-ring (bicyclic) bond motifs is 1. The number of ketones is 1. The molecule has 0 saturated carbocycles. The number of carboxylic acid groups (broad SMARTS) is 1. The first-order valence-electron chi connectivity index (χ1n) is 9.54. The van der Waals surface area contributed by atoms with E-state index in [2.05, 4.69) is 20.9 Å². The molecule has 4 N–H and O–H groups in total. The highest BCUT2D eigenvalue weighted by atomic mass is 16.5. The van der Waals surface area contributed by atoms with Crippen molar-refractivity contribution in [1.82, 2.24) is 25.6 Å². The highest BCUT2D eigenvalue weighted by Gasteiger charge is 2.37. The Kier molecular flexibility index (Phi) is 5.51. The van der Waals surface area contributed by atoms with Crippen LogP contribution < -0.4 is 15.3 Å². The summed E-state index contributed by atoms with van der Waals surface area (Å²) in [6, 6.07) is 4.79. The van der Waals surface area contributed by atoms with Crippen molar-refractivity contribution in [2.75, 3.05) is 13.1 Å². The number of carbonyl (C=O) groups is 3. The standard InChI is InChI=1S/C18H20BN5O6/c25-13(8-24-9-15(22-23-24)17(26)21-12-6-20-7-12)5-11-4-10-2-1-3-14(18(27)28)16(10)30-19(11)29/h1-3,9,11-12,20,29H,4-8H2,(H,21,26)(H,27,28)/t11-/m1/s1. The Balaban J connectivity index is 1.36. The molecule has 1 saturated heterocycles. The fourth-order valence-electron chi connectivity index (χ4n) is 3.49. The molecule has 0 unspecified atom stereocenters. The van der Waals surface area contributed by atoms with Gasteiger partial charge in [-0.1, -0.05) is 17.3 Å². The lowest BCUT2D eigenvalue weighted by Crippen LogP contribution is -2.57. The topological polar surface area (TPSA) is 156 Å². The minimum atomic E-state index is -1.30. The van der Waals surface area contributed by atoms with Crippen LogP contribution in [-0.2, 0) is 17.8 Å². The van der Waals surface area contributed by atoms with Crippen molar-refractivity contribution in [3.8, 4) is 5.75 Å². The molecule has 0 radical (unpaired) electrons. The van der Waals surface area contributed by atoms with Gasteiger partial charge in [-0.25, -0.2) is 9.48 Å². The van der Waals surface area contributed by atoms with E-state index in [4.69, 9.17) is 4.65 Å². The minimum Gasteiger partial charge on any atom is -0.535 e. The summed E-state index contributed by atoms with van der Waals surface area (Å²) in [6.07, 6.45) is 1.72. The summed E-state index contributed by atoms with van der Waals surface area (Å²) in [5.74, 6) is -2.10. The quantitative estimate of drug-likeness (QED) is 0.424. The highest BCUT2D eigenvalue weighted by molar-refractivity contribution is 6.47. The summed E-state index contributed by atoms with van der Waals surface area (Å²) in [5.41, 5.74) is 0.733. The summed E-state index contributed by atoms with van der Waals surface area (Å²) in [6.45, 7) is 1.32. The first kappa shape index (κ1) is 20.0. The maximum Gasteiger partial charge on any atom is 0.526 e. The van der Waals surface area contributed by atoms with Gasteiger partial charge in [0, 0.05) is 25.3 Å². The molecule has 156 valence electrons. The Morgan fingerprint density at radius 1 is 1.33 bits per heavy atom. The SMILES string of the molecule is O=C(C[C@H]1Cc2cccc(C(=O)O)c2OB1O)Cn1cc(C(=O)NC2CNC2)nn1. The summed E-state index contributed by atoms with van der Waals surface area (Å²) < 4.78 is 6.69. The zero-order chi connectivity index (χ0) is 21.3. The van der Waals surface area contributed by atoms with E-state index < -0.39 is 18.9 Å². The second-order valence-electron chi connectivity index (χ2n) is 7.44. The van der Waals surface area contributed by atoms with Gasteiger partial charge in [-0.15, -0.1) is 5.10 Å². The second kappa shape index (κ2) is 8.24. The number of hydrogen-bond acceptors (Lipinski definition) is 8.